The molecule has 0 aliphatic carbocycles. The molecule has 1 atom stereocenters. The number of rotatable bonds is 7. The summed E-state index contributed by atoms with van der Waals surface area (Å²) in [7, 11) is 0. The van der Waals surface area contributed by atoms with E-state index in [2.05, 4.69) is 10.1 Å². The Morgan fingerprint density at radius 1 is 1.08 bits per heavy atom. The Balaban J connectivity index is 1.81. The zero-order valence-corrected chi connectivity index (χ0v) is 13.1. The lowest BCUT2D eigenvalue weighted by Crippen LogP contribution is -2.26. The maximum Gasteiger partial charge on any atom is 0.387 e. The van der Waals surface area contributed by atoms with Gasteiger partial charge in [0.1, 0.15) is 11.6 Å². The minimum absolute atomic E-state index is 0.0862. The summed E-state index contributed by atoms with van der Waals surface area (Å²) >= 11 is 0. The molecule has 1 N–H and O–H groups in total. The summed E-state index contributed by atoms with van der Waals surface area (Å²) in [4.78, 5) is 12.0. The first-order valence-electron chi connectivity index (χ1n) is 7.52. The van der Waals surface area contributed by atoms with E-state index in [-0.39, 0.29) is 29.9 Å². The first kappa shape index (κ1) is 17.8. The molecular weight excluding hydrogens is 319 g/mol. The van der Waals surface area contributed by atoms with Gasteiger partial charge in [0.2, 0.25) is 5.91 Å². The molecule has 0 fully saturated rings. The van der Waals surface area contributed by atoms with E-state index in [0.29, 0.717) is 6.42 Å². The minimum atomic E-state index is -2.85. The number of carbonyl (C=O) groups is 1. The monoisotopic (exact) mass is 337 g/mol. The van der Waals surface area contributed by atoms with E-state index < -0.39 is 6.61 Å². The van der Waals surface area contributed by atoms with Crippen molar-refractivity contribution in [1.29, 1.82) is 0 Å². The Morgan fingerprint density at radius 2 is 1.71 bits per heavy atom. The molecule has 0 aliphatic heterocycles. The van der Waals surface area contributed by atoms with Crippen LogP contribution in [-0.4, -0.2) is 12.5 Å². The van der Waals surface area contributed by atoms with Crippen LogP contribution in [0.4, 0.5) is 13.2 Å². The molecule has 1 amide bonds. The van der Waals surface area contributed by atoms with Crippen LogP contribution < -0.4 is 10.1 Å². The molecule has 0 saturated heterocycles. The zero-order valence-electron chi connectivity index (χ0n) is 13.1. The molecule has 128 valence electrons. The summed E-state index contributed by atoms with van der Waals surface area (Å²) in [6.45, 7) is -1.03. The Hall–Kier alpha value is -2.50. The van der Waals surface area contributed by atoms with Gasteiger partial charge in [-0.15, -0.1) is 0 Å². The number of halogens is 3. The van der Waals surface area contributed by atoms with Crippen molar-refractivity contribution in [3.63, 3.8) is 0 Å². The standard InChI is InChI=1S/C18H18F3NO2/c1-12(14-5-7-15(19)8-6-14)22-17(23)11-4-13-2-9-16(10-3-13)24-18(20)21/h2-3,5-10,12,18H,4,11H2,1H3,(H,22,23). The zero-order chi connectivity index (χ0) is 17.5. The van der Waals surface area contributed by atoms with E-state index in [0.717, 1.165) is 11.1 Å². The number of ether oxygens (including phenoxy) is 1. The molecular formula is C18H18F3NO2. The molecule has 0 aliphatic rings. The Bertz CT molecular complexity index is 657. The summed E-state index contributed by atoms with van der Waals surface area (Å²) in [6, 6.07) is 11.9. The molecule has 24 heavy (non-hydrogen) atoms. The molecule has 2 rings (SSSR count). The molecule has 0 heterocycles. The number of nitrogens with one attached hydrogen (secondary N) is 1. The van der Waals surface area contributed by atoms with Crippen molar-refractivity contribution in [1.82, 2.24) is 5.32 Å². The lowest BCUT2D eigenvalue weighted by Gasteiger charge is -2.14. The fraction of sp³-hybridized carbons (Fsp3) is 0.278. The van der Waals surface area contributed by atoms with Gasteiger partial charge in [0.25, 0.3) is 0 Å². The van der Waals surface area contributed by atoms with E-state index in [1.54, 1.807) is 24.3 Å². The van der Waals surface area contributed by atoms with Crippen molar-refractivity contribution in [2.75, 3.05) is 0 Å². The van der Waals surface area contributed by atoms with Gasteiger partial charge >= 0.3 is 6.61 Å². The van der Waals surface area contributed by atoms with Crippen LogP contribution in [0.1, 0.15) is 30.5 Å². The molecule has 1 unspecified atom stereocenters. The highest BCUT2D eigenvalue weighted by atomic mass is 19.3. The predicted molar refractivity (Wildman–Crippen MR) is 84.4 cm³/mol. The molecule has 2 aromatic carbocycles. The smallest absolute Gasteiger partial charge is 0.387 e. The first-order chi connectivity index (χ1) is 11.4. The second-order valence-corrected chi connectivity index (χ2v) is 5.36. The summed E-state index contributed by atoms with van der Waals surface area (Å²) in [5.41, 5.74) is 1.67. The highest BCUT2D eigenvalue weighted by Gasteiger charge is 2.10. The number of hydrogen-bond acceptors (Lipinski definition) is 2. The molecule has 0 radical (unpaired) electrons. The number of benzene rings is 2. The quantitative estimate of drug-likeness (QED) is 0.821. The lowest BCUT2D eigenvalue weighted by molar-refractivity contribution is -0.121. The second-order valence-electron chi connectivity index (χ2n) is 5.36. The van der Waals surface area contributed by atoms with Gasteiger partial charge < -0.3 is 10.1 Å². The summed E-state index contributed by atoms with van der Waals surface area (Å²) in [5.74, 6) is -0.376. The van der Waals surface area contributed by atoms with Crippen molar-refractivity contribution in [3.05, 3.63) is 65.5 Å². The summed E-state index contributed by atoms with van der Waals surface area (Å²) in [6.07, 6.45) is 0.748. The van der Waals surface area contributed by atoms with Crippen molar-refractivity contribution in [2.24, 2.45) is 0 Å². The van der Waals surface area contributed by atoms with Crippen molar-refractivity contribution < 1.29 is 22.7 Å². The van der Waals surface area contributed by atoms with Crippen molar-refractivity contribution in [3.8, 4) is 5.75 Å². The molecule has 0 spiro atoms. The van der Waals surface area contributed by atoms with E-state index in [9.17, 15) is 18.0 Å². The Kier molecular flexibility index (Phi) is 6.23. The number of alkyl halides is 2. The molecule has 6 heteroatoms. The first-order valence-corrected chi connectivity index (χ1v) is 7.52. The van der Waals surface area contributed by atoms with Gasteiger partial charge in [-0.2, -0.15) is 8.78 Å². The van der Waals surface area contributed by atoms with Crippen molar-refractivity contribution in [2.45, 2.75) is 32.4 Å². The summed E-state index contributed by atoms with van der Waals surface area (Å²) < 4.78 is 41.3. The molecule has 0 bridgehead atoms. The average Bonchev–Trinajstić information content (AvgIpc) is 2.54. The fourth-order valence-electron chi connectivity index (χ4n) is 2.24. The Morgan fingerprint density at radius 3 is 2.29 bits per heavy atom. The van der Waals surface area contributed by atoms with Crippen LogP contribution in [-0.2, 0) is 11.2 Å². The Labute approximate surface area is 138 Å². The third-order valence-corrected chi connectivity index (χ3v) is 3.54. The van der Waals surface area contributed by atoms with Gasteiger partial charge in [-0.25, -0.2) is 4.39 Å². The minimum Gasteiger partial charge on any atom is -0.435 e. The van der Waals surface area contributed by atoms with E-state index in [1.165, 1.54) is 24.3 Å². The highest BCUT2D eigenvalue weighted by molar-refractivity contribution is 5.76. The van der Waals surface area contributed by atoms with E-state index in [1.807, 2.05) is 6.92 Å². The van der Waals surface area contributed by atoms with Gasteiger partial charge in [-0.1, -0.05) is 24.3 Å². The number of aryl methyl sites for hydroxylation is 1. The summed E-state index contributed by atoms with van der Waals surface area (Å²) in [5, 5.41) is 2.84. The largest absolute Gasteiger partial charge is 0.435 e. The number of amides is 1. The topological polar surface area (TPSA) is 38.3 Å². The average molecular weight is 337 g/mol. The van der Waals surface area contributed by atoms with Crippen LogP contribution in [0.5, 0.6) is 5.75 Å². The van der Waals surface area contributed by atoms with Crippen LogP contribution in [0.3, 0.4) is 0 Å². The van der Waals surface area contributed by atoms with Gasteiger partial charge in [-0.3, -0.25) is 4.79 Å². The maximum atomic E-state index is 12.9. The van der Waals surface area contributed by atoms with Crippen LogP contribution in [0.25, 0.3) is 0 Å². The van der Waals surface area contributed by atoms with Gasteiger partial charge in [-0.05, 0) is 48.7 Å². The van der Waals surface area contributed by atoms with Gasteiger partial charge in [0.05, 0.1) is 6.04 Å². The molecule has 2 aromatic rings. The number of hydrogen-bond donors (Lipinski definition) is 1. The lowest BCUT2D eigenvalue weighted by atomic mass is 10.1. The normalized spacial score (nSPS) is 12.0. The van der Waals surface area contributed by atoms with Crippen LogP contribution in [0.15, 0.2) is 48.5 Å². The SMILES string of the molecule is CC(NC(=O)CCc1ccc(OC(F)F)cc1)c1ccc(F)cc1. The molecule has 3 nitrogen and oxygen atoms in total. The molecule has 0 aromatic heterocycles. The fourth-order valence-corrected chi connectivity index (χ4v) is 2.24. The maximum absolute atomic E-state index is 12.9. The van der Waals surface area contributed by atoms with E-state index >= 15 is 0 Å². The van der Waals surface area contributed by atoms with Crippen LogP contribution in [0.2, 0.25) is 0 Å². The second kappa shape index (κ2) is 8.38. The highest BCUT2D eigenvalue weighted by Crippen LogP contribution is 2.16. The van der Waals surface area contributed by atoms with Crippen LogP contribution >= 0.6 is 0 Å². The van der Waals surface area contributed by atoms with Gasteiger partial charge in [0.15, 0.2) is 0 Å². The van der Waals surface area contributed by atoms with Crippen molar-refractivity contribution >= 4 is 5.91 Å². The van der Waals surface area contributed by atoms with Crippen LogP contribution in [0, 0.1) is 5.82 Å². The molecule has 0 saturated carbocycles. The number of carbonyl (C=O) groups excluding carboxylic acids is 1. The van der Waals surface area contributed by atoms with E-state index in [4.69, 9.17) is 0 Å². The van der Waals surface area contributed by atoms with Gasteiger partial charge in [0, 0.05) is 6.42 Å². The third-order valence-electron chi connectivity index (χ3n) is 3.54. The predicted octanol–water partition coefficient (Wildman–Crippen LogP) is 4.24. The third kappa shape index (κ3) is 5.61.